The normalized spacial score (nSPS) is 14.2. The Balaban J connectivity index is 1.32. The molecule has 9 heteroatoms. The summed E-state index contributed by atoms with van der Waals surface area (Å²) in [6, 6.07) is 10.3. The van der Waals surface area contributed by atoms with Crippen LogP contribution in [0, 0.1) is 5.82 Å². The van der Waals surface area contributed by atoms with Crippen molar-refractivity contribution in [1.82, 2.24) is 9.88 Å². The van der Waals surface area contributed by atoms with Crippen molar-refractivity contribution >= 4 is 44.4 Å². The summed E-state index contributed by atoms with van der Waals surface area (Å²) in [5.74, 6) is 1.91. The molecule has 31 heavy (non-hydrogen) atoms. The number of piperazine rings is 1. The molecule has 6 nitrogen and oxygen atoms in total. The molecule has 0 N–H and O–H groups in total. The van der Waals surface area contributed by atoms with E-state index in [0.717, 1.165) is 33.3 Å². The van der Waals surface area contributed by atoms with Gasteiger partial charge >= 0.3 is 0 Å². The van der Waals surface area contributed by atoms with Crippen LogP contribution in [0.5, 0.6) is 11.5 Å². The molecule has 1 aromatic heterocycles. The number of thiazole rings is 1. The first-order chi connectivity index (χ1) is 15.1. The van der Waals surface area contributed by atoms with E-state index in [1.165, 1.54) is 12.1 Å². The van der Waals surface area contributed by atoms with Gasteiger partial charge in [0.05, 0.1) is 18.9 Å². The number of hydrogen-bond acceptors (Lipinski definition) is 7. The van der Waals surface area contributed by atoms with Crippen molar-refractivity contribution in [3.8, 4) is 11.5 Å². The van der Waals surface area contributed by atoms with Crippen LogP contribution in [-0.4, -0.2) is 61.9 Å². The van der Waals surface area contributed by atoms with Gasteiger partial charge in [-0.05, 0) is 36.4 Å². The van der Waals surface area contributed by atoms with Crippen molar-refractivity contribution in [2.45, 2.75) is 11.3 Å². The summed E-state index contributed by atoms with van der Waals surface area (Å²) in [7, 11) is 3.24. The Morgan fingerprint density at radius 3 is 2.52 bits per heavy atom. The van der Waals surface area contributed by atoms with Crippen LogP contribution < -0.4 is 14.4 Å². The van der Waals surface area contributed by atoms with E-state index in [2.05, 4.69) is 4.90 Å². The minimum absolute atomic E-state index is 0.157. The van der Waals surface area contributed by atoms with Crippen molar-refractivity contribution in [2.75, 3.05) is 51.1 Å². The number of halogens is 1. The topological polar surface area (TPSA) is 54.9 Å². The first kappa shape index (κ1) is 21.7. The zero-order chi connectivity index (χ0) is 21.8. The molecule has 3 aromatic rings. The maximum atomic E-state index is 13.0. The quantitative estimate of drug-likeness (QED) is 0.490. The van der Waals surface area contributed by atoms with Gasteiger partial charge in [-0.1, -0.05) is 11.3 Å². The molecular formula is C22H24FN3O3S2. The highest BCUT2D eigenvalue weighted by Gasteiger charge is 2.24. The van der Waals surface area contributed by atoms with Crippen LogP contribution in [0.3, 0.4) is 0 Å². The van der Waals surface area contributed by atoms with Crippen LogP contribution in [0.25, 0.3) is 10.2 Å². The van der Waals surface area contributed by atoms with E-state index in [1.807, 2.05) is 17.0 Å². The molecule has 2 heterocycles. The maximum Gasteiger partial charge on any atom is 0.223 e. The fourth-order valence-electron chi connectivity index (χ4n) is 3.53. The molecule has 0 saturated carbocycles. The smallest absolute Gasteiger partial charge is 0.223 e. The third kappa shape index (κ3) is 4.88. The second kappa shape index (κ2) is 9.74. The molecule has 0 bridgehead atoms. The van der Waals surface area contributed by atoms with Gasteiger partial charge in [-0.2, -0.15) is 0 Å². The Morgan fingerprint density at radius 1 is 1.10 bits per heavy atom. The van der Waals surface area contributed by atoms with E-state index in [-0.39, 0.29) is 11.7 Å². The average molecular weight is 462 g/mol. The van der Waals surface area contributed by atoms with Gasteiger partial charge in [-0.3, -0.25) is 4.79 Å². The van der Waals surface area contributed by atoms with Crippen molar-refractivity contribution in [3.63, 3.8) is 0 Å². The molecule has 1 fully saturated rings. The van der Waals surface area contributed by atoms with Crippen molar-refractivity contribution in [1.29, 1.82) is 0 Å². The lowest BCUT2D eigenvalue weighted by Crippen LogP contribution is -2.48. The lowest BCUT2D eigenvalue weighted by molar-refractivity contribution is -0.131. The van der Waals surface area contributed by atoms with E-state index >= 15 is 0 Å². The number of carbonyl (C=O) groups is 1. The first-order valence-corrected chi connectivity index (χ1v) is 11.8. The molecule has 164 valence electrons. The predicted octanol–water partition coefficient (Wildman–Crippen LogP) is 4.28. The number of aromatic nitrogens is 1. The van der Waals surface area contributed by atoms with Gasteiger partial charge in [0.2, 0.25) is 5.91 Å². The average Bonchev–Trinajstić information content (AvgIpc) is 3.24. The minimum Gasteiger partial charge on any atom is -0.493 e. The van der Waals surface area contributed by atoms with Crippen LogP contribution in [0.2, 0.25) is 0 Å². The Bertz CT molecular complexity index is 1050. The molecule has 0 unspecified atom stereocenters. The summed E-state index contributed by atoms with van der Waals surface area (Å²) >= 11 is 3.19. The Hall–Kier alpha value is -2.52. The molecule has 1 amide bonds. The van der Waals surface area contributed by atoms with E-state index < -0.39 is 0 Å². The van der Waals surface area contributed by atoms with Crippen LogP contribution in [-0.2, 0) is 4.79 Å². The van der Waals surface area contributed by atoms with Crippen LogP contribution in [0.15, 0.2) is 41.3 Å². The number of thioether (sulfide) groups is 1. The fourth-order valence-corrected chi connectivity index (χ4v) is 5.38. The summed E-state index contributed by atoms with van der Waals surface area (Å²) in [6.07, 6.45) is 0.472. The summed E-state index contributed by atoms with van der Waals surface area (Å²) < 4.78 is 24.9. The Labute approximate surface area is 189 Å². The van der Waals surface area contributed by atoms with Gasteiger partial charge in [0, 0.05) is 43.2 Å². The monoisotopic (exact) mass is 461 g/mol. The summed E-state index contributed by atoms with van der Waals surface area (Å²) in [5, 5.41) is 0.931. The van der Waals surface area contributed by atoms with Gasteiger partial charge in [0.25, 0.3) is 0 Å². The number of ether oxygens (including phenoxy) is 2. The summed E-state index contributed by atoms with van der Waals surface area (Å²) in [4.78, 5) is 22.5. The number of rotatable bonds is 7. The minimum atomic E-state index is -0.246. The number of carbonyl (C=O) groups excluding carboxylic acids is 1. The molecule has 0 atom stereocenters. The van der Waals surface area contributed by atoms with E-state index in [9.17, 15) is 9.18 Å². The lowest BCUT2D eigenvalue weighted by Gasteiger charge is -2.34. The number of methoxy groups -OCH3 is 2. The molecule has 0 aliphatic carbocycles. The highest BCUT2D eigenvalue weighted by molar-refractivity contribution is 7.99. The van der Waals surface area contributed by atoms with Gasteiger partial charge in [0.1, 0.15) is 11.3 Å². The molecule has 2 aromatic carbocycles. The third-order valence-electron chi connectivity index (χ3n) is 5.19. The largest absolute Gasteiger partial charge is 0.493 e. The van der Waals surface area contributed by atoms with Gasteiger partial charge in [-0.15, -0.1) is 11.8 Å². The second-order valence-electron chi connectivity index (χ2n) is 7.06. The van der Waals surface area contributed by atoms with Gasteiger partial charge in [-0.25, -0.2) is 9.37 Å². The SMILES string of the molecule is COc1ccc2sc(N3CCN(C(=O)CCSc4ccc(F)cc4)CC3)nc2c1OC. The number of anilines is 1. The number of benzene rings is 2. The molecular weight excluding hydrogens is 437 g/mol. The zero-order valence-corrected chi connectivity index (χ0v) is 19.1. The molecule has 4 rings (SSSR count). The van der Waals surface area contributed by atoms with Crippen molar-refractivity contribution in [3.05, 3.63) is 42.2 Å². The zero-order valence-electron chi connectivity index (χ0n) is 17.5. The highest BCUT2D eigenvalue weighted by atomic mass is 32.2. The summed E-state index contributed by atoms with van der Waals surface area (Å²) in [5.41, 5.74) is 0.804. The Kier molecular flexibility index (Phi) is 6.82. The molecule has 1 aliphatic heterocycles. The predicted molar refractivity (Wildman–Crippen MR) is 123 cm³/mol. The molecule has 1 saturated heterocycles. The second-order valence-corrected chi connectivity index (χ2v) is 9.24. The molecule has 0 radical (unpaired) electrons. The first-order valence-electron chi connectivity index (χ1n) is 10.0. The standard InChI is InChI=1S/C22H24FN3O3S2/c1-28-17-7-8-18-20(21(17)29-2)24-22(31-18)26-12-10-25(11-13-26)19(27)9-14-30-16-5-3-15(23)4-6-16/h3-8H,9-14H2,1-2H3. The number of nitrogens with zero attached hydrogens (tertiary/aromatic N) is 3. The van der Waals surface area contributed by atoms with E-state index in [0.29, 0.717) is 36.8 Å². The number of hydrogen-bond donors (Lipinski definition) is 0. The van der Waals surface area contributed by atoms with E-state index in [1.54, 1.807) is 49.5 Å². The molecule has 0 spiro atoms. The van der Waals surface area contributed by atoms with Gasteiger partial charge < -0.3 is 19.3 Å². The van der Waals surface area contributed by atoms with Crippen LogP contribution in [0.4, 0.5) is 9.52 Å². The maximum absolute atomic E-state index is 13.0. The lowest BCUT2D eigenvalue weighted by atomic mass is 10.3. The van der Waals surface area contributed by atoms with Crippen LogP contribution in [0.1, 0.15) is 6.42 Å². The van der Waals surface area contributed by atoms with Gasteiger partial charge in [0.15, 0.2) is 16.6 Å². The number of amides is 1. The fraction of sp³-hybridized carbons (Fsp3) is 0.364. The third-order valence-corrected chi connectivity index (χ3v) is 7.29. The van der Waals surface area contributed by atoms with E-state index in [4.69, 9.17) is 14.5 Å². The molecule has 1 aliphatic rings. The summed E-state index contributed by atoms with van der Waals surface area (Å²) in [6.45, 7) is 2.85. The number of fused-ring (bicyclic) bond motifs is 1. The van der Waals surface area contributed by atoms with Crippen LogP contribution >= 0.6 is 23.1 Å². The van der Waals surface area contributed by atoms with Crippen molar-refractivity contribution in [2.24, 2.45) is 0 Å². The highest BCUT2D eigenvalue weighted by Crippen LogP contribution is 2.40. The Morgan fingerprint density at radius 2 is 1.84 bits per heavy atom. The van der Waals surface area contributed by atoms with Crippen molar-refractivity contribution < 1.29 is 18.7 Å².